The maximum atomic E-state index is 11.4. The highest BCUT2D eigenvalue weighted by molar-refractivity contribution is 6.03. The zero-order chi connectivity index (χ0) is 18.5. The predicted octanol–water partition coefficient (Wildman–Crippen LogP) is 4.71. The van der Waals surface area contributed by atoms with E-state index in [4.69, 9.17) is 4.98 Å². The second kappa shape index (κ2) is 5.57. The molecule has 3 aromatic carbocycles. The Morgan fingerprint density at radius 3 is 2.52 bits per heavy atom. The summed E-state index contributed by atoms with van der Waals surface area (Å²) in [4.78, 5) is 16.2. The van der Waals surface area contributed by atoms with Crippen molar-refractivity contribution in [1.82, 2.24) is 9.38 Å². The van der Waals surface area contributed by atoms with Gasteiger partial charge in [0.1, 0.15) is 11.6 Å². The molecule has 2 N–H and O–H groups in total. The molecule has 0 saturated heterocycles. The topological polar surface area (TPSA) is 74.8 Å². The van der Waals surface area contributed by atoms with Crippen LogP contribution in [0.2, 0.25) is 0 Å². The van der Waals surface area contributed by atoms with E-state index >= 15 is 0 Å². The van der Waals surface area contributed by atoms with Crippen molar-refractivity contribution in [2.45, 2.75) is 0 Å². The van der Waals surface area contributed by atoms with E-state index in [0.717, 1.165) is 27.3 Å². The van der Waals surface area contributed by atoms with Gasteiger partial charge in [-0.15, -0.1) is 0 Å². The molecule has 0 amide bonds. The van der Waals surface area contributed by atoms with Crippen LogP contribution in [0.1, 0.15) is 10.4 Å². The van der Waals surface area contributed by atoms with E-state index in [1.165, 1.54) is 18.2 Å². The number of nitrogens with zero attached hydrogens (tertiary/aromatic N) is 2. The number of phenols is 1. The minimum Gasteiger partial charge on any atom is -0.507 e. The van der Waals surface area contributed by atoms with E-state index in [1.807, 2.05) is 52.9 Å². The molecule has 0 aliphatic rings. The number of hydrogen-bond acceptors (Lipinski definition) is 3. The van der Waals surface area contributed by atoms with Gasteiger partial charge in [-0.1, -0.05) is 36.4 Å². The first-order valence-electron chi connectivity index (χ1n) is 8.49. The van der Waals surface area contributed by atoms with Gasteiger partial charge in [0.2, 0.25) is 0 Å². The number of benzene rings is 3. The Bertz CT molecular complexity index is 1370. The van der Waals surface area contributed by atoms with Crippen LogP contribution in [0.25, 0.3) is 38.7 Å². The van der Waals surface area contributed by atoms with Crippen LogP contribution in [0.3, 0.4) is 0 Å². The second-order valence-corrected chi connectivity index (χ2v) is 6.41. The van der Waals surface area contributed by atoms with E-state index in [0.29, 0.717) is 11.4 Å². The zero-order valence-electron chi connectivity index (χ0n) is 14.1. The maximum absolute atomic E-state index is 11.4. The fraction of sp³-hybridized carbons (Fsp3) is 0. The zero-order valence-corrected chi connectivity index (χ0v) is 14.1. The number of carbonyl (C=O) groups is 1. The number of aromatic hydroxyl groups is 1. The van der Waals surface area contributed by atoms with Gasteiger partial charge in [0.15, 0.2) is 0 Å². The quantitative estimate of drug-likeness (QED) is 0.481. The summed E-state index contributed by atoms with van der Waals surface area (Å²) < 4.78 is 1.97. The van der Waals surface area contributed by atoms with Crippen molar-refractivity contribution >= 4 is 33.3 Å². The first kappa shape index (κ1) is 15.4. The summed E-state index contributed by atoms with van der Waals surface area (Å²) in [6.45, 7) is 0. The molecule has 0 saturated carbocycles. The summed E-state index contributed by atoms with van der Waals surface area (Å²) in [5.74, 6) is -0.557. The van der Waals surface area contributed by atoms with Crippen LogP contribution in [0.15, 0.2) is 72.8 Å². The number of aromatic carboxylic acids is 1. The summed E-state index contributed by atoms with van der Waals surface area (Å²) in [6, 6.07) is 22.0. The number of hydrogen-bond donors (Lipinski definition) is 2. The van der Waals surface area contributed by atoms with Crippen LogP contribution in [0.4, 0.5) is 0 Å². The highest BCUT2D eigenvalue weighted by atomic mass is 16.4. The van der Waals surface area contributed by atoms with E-state index in [1.54, 1.807) is 0 Å². The molecule has 0 radical (unpaired) electrons. The first-order chi connectivity index (χ1) is 13.1. The van der Waals surface area contributed by atoms with Gasteiger partial charge < -0.3 is 10.2 Å². The van der Waals surface area contributed by atoms with E-state index in [9.17, 15) is 15.0 Å². The molecule has 0 bridgehead atoms. The van der Waals surface area contributed by atoms with Gasteiger partial charge in [0.05, 0.1) is 27.7 Å². The van der Waals surface area contributed by atoms with Crippen LogP contribution in [0, 0.1) is 0 Å². The van der Waals surface area contributed by atoms with Crippen molar-refractivity contribution in [1.29, 1.82) is 0 Å². The molecule has 0 aliphatic heterocycles. The van der Waals surface area contributed by atoms with Crippen molar-refractivity contribution in [3.05, 3.63) is 78.4 Å². The molecule has 2 heterocycles. The molecular formula is C22H14N2O3. The Morgan fingerprint density at radius 1 is 0.889 bits per heavy atom. The normalized spacial score (nSPS) is 11.4. The van der Waals surface area contributed by atoms with Gasteiger partial charge in [-0.2, -0.15) is 0 Å². The van der Waals surface area contributed by atoms with Gasteiger partial charge in [0.25, 0.3) is 0 Å². The predicted molar refractivity (Wildman–Crippen MR) is 104 cm³/mol. The fourth-order valence-electron chi connectivity index (χ4n) is 3.56. The van der Waals surface area contributed by atoms with Gasteiger partial charge >= 0.3 is 5.97 Å². The Hall–Kier alpha value is -3.86. The number of phenolic OH excluding ortho intramolecular Hbond substituents is 1. The van der Waals surface area contributed by atoms with E-state index in [2.05, 4.69) is 6.07 Å². The maximum Gasteiger partial charge on any atom is 0.335 e. The standard InChI is InChI=1S/C22H14N2O3/c25-20-10-9-14(22(26)27)11-16(20)21-23-17-7-3-2-6-15(17)19-12-13-5-1-4-8-18(13)24(19)21/h1-12,25H,(H,26,27). The molecule has 2 aromatic heterocycles. The van der Waals surface area contributed by atoms with Gasteiger partial charge in [-0.05, 0) is 36.4 Å². The Morgan fingerprint density at radius 2 is 1.67 bits per heavy atom. The van der Waals surface area contributed by atoms with Crippen molar-refractivity contribution in [3.63, 3.8) is 0 Å². The molecule has 0 fully saturated rings. The lowest BCUT2D eigenvalue weighted by atomic mass is 10.1. The average Bonchev–Trinajstić information content (AvgIpc) is 3.07. The summed E-state index contributed by atoms with van der Waals surface area (Å²) in [5.41, 5.74) is 3.16. The third-order valence-corrected chi connectivity index (χ3v) is 4.81. The third-order valence-electron chi connectivity index (χ3n) is 4.81. The van der Waals surface area contributed by atoms with E-state index in [-0.39, 0.29) is 11.3 Å². The highest BCUT2D eigenvalue weighted by Gasteiger charge is 2.17. The summed E-state index contributed by atoms with van der Waals surface area (Å²) in [5, 5.41) is 21.9. The largest absolute Gasteiger partial charge is 0.507 e. The first-order valence-corrected chi connectivity index (χ1v) is 8.49. The Kier molecular flexibility index (Phi) is 3.18. The molecule has 5 aromatic rings. The number of fused-ring (bicyclic) bond motifs is 5. The van der Waals surface area contributed by atoms with Crippen LogP contribution in [-0.2, 0) is 0 Å². The molecule has 0 unspecified atom stereocenters. The molecule has 0 spiro atoms. The van der Waals surface area contributed by atoms with Crippen LogP contribution >= 0.6 is 0 Å². The fourth-order valence-corrected chi connectivity index (χ4v) is 3.56. The summed E-state index contributed by atoms with van der Waals surface area (Å²) >= 11 is 0. The Balaban J connectivity index is 2.00. The lowest BCUT2D eigenvalue weighted by Gasteiger charge is -2.12. The molecular weight excluding hydrogens is 340 g/mol. The molecule has 5 nitrogen and oxygen atoms in total. The smallest absolute Gasteiger partial charge is 0.335 e. The number of carboxylic acids is 1. The molecule has 0 atom stereocenters. The van der Waals surface area contributed by atoms with E-state index < -0.39 is 5.97 Å². The van der Waals surface area contributed by atoms with Crippen LogP contribution in [-0.4, -0.2) is 25.6 Å². The summed E-state index contributed by atoms with van der Waals surface area (Å²) in [7, 11) is 0. The van der Waals surface area contributed by atoms with Crippen molar-refractivity contribution in [2.75, 3.05) is 0 Å². The van der Waals surface area contributed by atoms with Crippen LogP contribution in [0.5, 0.6) is 5.75 Å². The van der Waals surface area contributed by atoms with Gasteiger partial charge in [-0.25, -0.2) is 9.78 Å². The van der Waals surface area contributed by atoms with Gasteiger partial charge in [-0.3, -0.25) is 4.40 Å². The molecule has 5 rings (SSSR count). The minimum absolute atomic E-state index is 0.0122. The number of rotatable bonds is 2. The summed E-state index contributed by atoms with van der Waals surface area (Å²) in [6.07, 6.45) is 0. The van der Waals surface area contributed by atoms with Crippen molar-refractivity contribution in [2.24, 2.45) is 0 Å². The lowest BCUT2D eigenvalue weighted by Crippen LogP contribution is -2.01. The van der Waals surface area contributed by atoms with Crippen LogP contribution < -0.4 is 0 Å². The molecule has 0 aliphatic carbocycles. The number of carboxylic acid groups (broad SMARTS) is 1. The number of para-hydroxylation sites is 2. The lowest BCUT2D eigenvalue weighted by molar-refractivity contribution is 0.0697. The van der Waals surface area contributed by atoms with Gasteiger partial charge in [0, 0.05) is 10.8 Å². The highest BCUT2D eigenvalue weighted by Crippen LogP contribution is 2.35. The monoisotopic (exact) mass is 354 g/mol. The number of aromatic nitrogens is 2. The van der Waals surface area contributed by atoms with Crippen molar-refractivity contribution < 1.29 is 15.0 Å². The third kappa shape index (κ3) is 2.25. The molecule has 130 valence electrons. The second-order valence-electron chi connectivity index (χ2n) is 6.41. The minimum atomic E-state index is -1.05. The molecule has 27 heavy (non-hydrogen) atoms. The Labute approximate surface area is 153 Å². The van der Waals surface area contributed by atoms with Crippen molar-refractivity contribution in [3.8, 4) is 17.1 Å². The molecule has 5 heteroatoms. The SMILES string of the molecule is O=C(O)c1ccc(O)c(-c2nc3ccccc3c3cc4ccccc4n23)c1. The average molecular weight is 354 g/mol.